The van der Waals surface area contributed by atoms with E-state index in [0.717, 1.165) is 18.7 Å². The van der Waals surface area contributed by atoms with Crippen LogP contribution in [0.15, 0.2) is 84.9 Å². The predicted octanol–water partition coefficient (Wildman–Crippen LogP) is 10.5. The van der Waals surface area contributed by atoms with Gasteiger partial charge in [-0.05, 0) is 0 Å². The first kappa shape index (κ1) is 40.4. The Labute approximate surface area is 330 Å². The molecule has 0 saturated carbocycles. The van der Waals surface area contributed by atoms with Crippen molar-refractivity contribution in [1.82, 2.24) is 0 Å². The summed E-state index contributed by atoms with van der Waals surface area (Å²) >= 11 is -0.429. The van der Waals surface area contributed by atoms with Crippen LogP contribution in [0.5, 0.6) is 5.75 Å². The standard InChI is InChI=1S/C27H39N2.C18H15NO3.ClH.Ru/c1-18(2)22-11-9-12-23(19(3)4)26(22)28-15-16-29(17-28)27-24(20(5)6)13-10-14-25(27)21(7)8;1-3-15-18(21)19(17(20)13-9-5-4-6-10-13)14-11-7-8-12(2)16(14)22-15;;/h9-14,17-21H,15-16H2,1-8H3;2,4-11,15H,3H2,1H3;1H;. The van der Waals surface area contributed by atoms with Crippen molar-refractivity contribution in [2.24, 2.45) is 0 Å². The molecule has 2 aliphatic heterocycles. The first-order chi connectivity index (χ1) is 24.9. The van der Waals surface area contributed by atoms with E-state index in [-0.39, 0.29) is 29.0 Å². The number of benzene rings is 4. The topological polar surface area (TPSA) is 53.1 Å². The van der Waals surface area contributed by atoms with Gasteiger partial charge in [0.25, 0.3) is 0 Å². The number of halogens is 1. The van der Waals surface area contributed by atoms with Gasteiger partial charge in [-0.2, -0.15) is 0 Å². The zero-order valence-corrected chi connectivity index (χ0v) is 35.1. The minimum Gasteiger partial charge on any atom is -0.147 e. The quantitative estimate of drug-likeness (QED) is 0.118. The number of nitrogens with zero attached hydrogens (tertiary/aromatic N) is 3. The molecule has 0 aliphatic carbocycles. The van der Waals surface area contributed by atoms with E-state index in [2.05, 4.69) is 112 Å². The number of hydrogen-bond donors (Lipinski definition) is 0. The third-order valence-electron chi connectivity index (χ3n) is 10.2. The average molecular weight is 822 g/mol. The fourth-order valence-electron chi connectivity index (χ4n) is 7.51. The molecule has 0 bridgehead atoms. The Morgan fingerprint density at radius 3 is 1.64 bits per heavy atom. The van der Waals surface area contributed by atoms with Gasteiger partial charge in [0.2, 0.25) is 0 Å². The van der Waals surface area contributed by atoms with E-state index in [9.17, 15) is 9.59 Å². The molecule has 53 heavy (non-hydrogen) atoms. The first-order valence-corrected chi connectivity index (χ1v) is 20.9. The summed E-state index contributed by atoms with van der Waals surface area (Å²) < 4.78 is 8.97. The monoisotopic (exact) mass is 822 g/mol. The van der Waals surface area contributed by atoms with Crippen molar-refractivity contribution in [1.29, 1.82) is 0 Å². The van der Waals surface area contributed by atoms with Crippen molar-refractivity contribution in [3.8, 4) is 5.75 Å². The summed E-state index contributed by atoms with van der Waals surface area (Å²) in [6.07, 6.45) is -0.264. The number of fused-ring (bicyclic) bond motifs is 1. The molecule has 6 rings (SSSR count). The number of anilines is 3. The van der Waals surface area contributed by atoms with Crippen LogP contribution in [-0.4, -0.2) is 40.4 Å². The van der Waals surface area contributed by atoms with Crippen LogP contribution in [0.3, 0.4) is 0 Å². The zero-order valence-electron chi connectivity index (χ0n) is 32.6. The molecule has 1 unspecified atom stereocenters. The Balaban J connectivity index is 0.00000541. The van der Waals surface area contributed by atoms with Gasteiger partial charge in [-0.3, -0.25) is 0 Å². The van der Waals surface area contributed by atoms with Crippen LogP contribution in [0.1, 0.15) is 131 Å². The number of ether oxygens (including phenoxy) is 1. The van der Waals surface area contributed by atoms with Gasteiger partial charge in [0.1, 0.15) is 0 Å². The molecule has 6 nitrogen and oxygen atoms in total. The Kier molecular flexibility index (Phi) is 13.0. The van der Waals surface area contributed by atoms with Crippen molar-refractivity contribution in [3.63, 3.8) is 0 Å². The molecule has 0 aromatic heterocycles. The number of amides is 2. The largest absolute Gasteiger partial charge is 0.147 e. The number of rotatable bonds is 10. The van der Waals surface area contributed by atoms with Crippen LogP contribution in [0.2, 0.25) is 0 Å². The molecule has 1 fully saturated rings. The average Bonchev–Trinajstić information content (AvgIpc) is 3.55. The third-order valence-corrected chi connectivity index (χ3v) is 12.7. The molecule has 0 radical (unpaired) electrons. The molecule has 2 aliphatic rings. The van der Waals surface area contributed by atoms with Crippen molar-refractivity contribution >= 4 is 45.9 Å². The fourth-order valence-corrected chi connectivity index (χ4v) is 10.0. The molecular formula is C45H55ClN3O3Ru. The Bertz CT molecular complexity index is 1830. The van der Waals surface area contributed by atoms with E-state index >= 15 is 0 Å². The second-order valence-electron chi connectivity index (χ2n) is 15.1. The molecule has 0 spiro atoms. The molecule has 0 N–H and O–H groups in total. The van der Waals surface area contributed by atoms with Gasteiger partial charge in [0.15, 0.2) is 0 Å². The minimum absolute atomic E-state index is 0. The summed E-state index contributed by atoms with van der Waals surface area (Å²) in [6.45, 7) is 22.2. The van der Waals surface area contributed by atoms with Crippen molar-refractivity contribution in [3.05, 3.63) is 118 Å². The van der Waals surface area contributed by atoms with Gasteiger partial charge in [-0.15, -0.1) is 12.4 Å². The molecule has 283 valence electrons. The summed E-state index contributed by atoms with van der Waals surface area (Å²) in [4.78, 5) is 34.3. The normalized spacial score (nSPS) is 16.4. The minimum atomic E-state index is -0.733. The Morgan fingerprint density at radius 2 is 1.19 bits per heavy atom. The fraction of sp³-hybridized carbons (Fsp3) is 0.400. The molecule has 2 amide bonds. The van der Waals surface area contributed by atoms with Crippen LogP contribution in [0.25, 0.3) is 0 Å². The summed E-state index contributed by atoms with van der Waals surface area (Å²) in [6, 6.07) is 28.6. The molecule has 1 saturated heterocycles. The van der Waals surface area contributed by atoms with Gasteiger partial charge in [0, 0.05) is 0 Å². The van der Waals surface area contributed by atoms with Gasteiger partial charge >= 0.3 is 320 Å². The SMILES string of the molecule is CCC1Oc2c(/[CH]=[Ru]/[CH]3N(c4c(C(C)C)cccc4C(C)C)CCN3c3c(C(C)C)cccc3C(C)C)cccc2N(C(=O)c2ccccc2)C1=O.Cl. The number of carbonyl (C=O) groups is 2. The van der Waals surface area contributed by atoms with Gasteiger partial charge in [-0.25, -0.2) is 0 Å². The van der Waals surface area contributed by atoms with Gasteiger partial charge in [-0.1, -0.05) is 0 Å². The second-order valence-corrected chi connectivity index (χ2v) is 17.1. The number of imide groups is 1. The van der Waals surface area contributed by atoms with Crippen LogP contribution >= 0.6 is 12.4 Å². The van der Waals surface area contributed by atoms with Crippen LogP contribution in [-0.2, 0) is 21.5 Å². The Hall–Kier alpha value is -3.80. The number of para-hydroxylation sites is 3. The summed E-state index contributed by atoms with van der Waals surface area (Å²) in [5, 5.41) is 0. The summed E-state index contributed by atoms with van der Waals surface area (Å²) in [5.74, 6) is 1.48. The molecule has 4 aromatic rings. The van der Waals surface area contributed by atoms with Crippen molar-refractivity contribution < 1.29 is 31.0 Å². The third kappa shape index (κ3) is 7.89. The van der Waals surface area contributed by atoms with E-state index in [1.54, 1.807) is 12.1 Å². The molecular weight excluding hydrogens is 767 g/mol. The second kappa shape index (κ2) is 17.1. The zero-order chi connectivity index (χ0) is 37.3. The first-order valence-electron chi connectivity index (χ1n) is 18.9. The molecule has 8 heteroatoms. The number of hydrogen-bond acceptors (Lipinski definition) is 5. The Morgan fingerprint density at radius 1 is 0.717 bits per heavy atom. The maximum absolute atomic E-state index is 13.9. The van der Waals surface area contributed by atoms with E-state index in [0.29, 0.717) is 47.1 Å². The van der Waals surface area contributed by atoms with Gasteiger partial charge < -0.3 is 0 Å². The predicted molar refractivity (Wildman–Crippen MR) is 220 cm³/mol. The number of carbonyl (C=O) groups excluding carboxylic acids is 2. The van der Waals surface area contributed by atoms with Gasteiger partial charge in [0.05, 0.1) is 0 Å². The summed E-state index contributed by atoms with van der Waals surface area (Å²) in [7, 11) is 0. The molecule has 4 aromatic carbocycles. The van der Waals surface area contributed by atoms with Crippen LogP contribution in [0.4, 0.5) is 17.1 Å². The van der Waals surface area contributed by atoms with Crippen molar-refractivity contribution in [2.45, 2.75) is 103 Å². The van der Waals surface area contributed by atoms with E-state index in [1.807, 2.05) is 37.3 Å². The molecule has 1 atom stereocenters. The maximum atomic E-state index is 13.9. The maximum Gasteiger partial charge on any atom is -0.147 e. The molecule has 2 heterocycles. The summed E-state index contributed by atoms with van der Waals surface area (Å²) in [5.41, 5.74) is 10.2. The van der Waals surface area contributed by atoms with Crippen molar-refractivity contribution in [2.75, 3.05) is 27.8 Å². The van der Waals surface area contributed by atoms with E-state index in [1.165, 1.54) is 38.5 Å². The van der Waals surface area contributed by atoms with Crippen LogP contribution < -0.4 is 19.4 Å². The smallest absolute Gasteiger partial charge is 0.147 e. The van der Waals surface area contributed by atoms with E-state index < -0.39 is 22.8 Å². The van der Waals surface area contributed by atoms with E-state index in [4.69, 9.17) is 4.74 Å². The van der Waals surface area contributed by atoms with Crippen LogP contribution in [0, 0.1) is 0 Å².